The van der Waals surface area contributed by atoms with Crippen LogP contribution in [0.5, 0.6) is 0 Å². The van der Waals surface area contributed by atoms with Gasteiger partial charge in [0, 0.05) is 17.1 Å². The zero-order valence-corrected chi connectivity index (χ0v) is 12.3. The van der Waals surface area contributed by atoms with E-state index in [0.29, 0.717) is 16.4 Å². The molecule has 2 aromatic heterocycles. The van der Waals surface area contributed by atoms with Gasteiger partial charge in [-0.25, -0.2) is 4.98 Å². The van der Waals surface area contributed by atoms with Crippen LogP contribution in [0.2, 0.25) is 0 Å². The number of nitrogens with two attached hydrogens (primary N) is 1. The average Bonchev–Trinajstić information content (AvgIpc) is 2.38. The van der Waals surface area contributed by atoms with Crippen molar-refractivity contribution in [2.24, 2.45) is 0 Å². The van der Waals surface area contributed by atoms with Gasteiger partial charge in [0.25, 0.3) is 0 Å². The third-order valence-electron chi connectivity index (χ3n) is 2.82. The molecule has 3 rings (SSSR count). The molecule has 100 valence electrons. The third-order valence-corrected chi connectivity index (χ3v) is 3.23. The Kier molecular flexibility index (Phi) is 3.23. The SMILES string of the molecule is Cc1ccc2cccc(Nc3nc(N)cc(Br)n3)c2n1. The molecule has 0 unspecified atom stereocenters. The normalized spacial score (nSPS) is 10.7. The van der Waals surface area contributed by atoms with Crippen LogP contribution in [0.4, 0.5) is 17.5 Å². The summed E-state index contributed by atoms with van der Waals surface area (Å²) in [7, 11) is 0. The summed E-state index contributed by atoms with van der Waals surface area (Å²) in [5.74, 6) is 0.839. The number of nitrogens with zero attached hydrogens (tertiary/aromatic N) is 3. The van der Waals surface area contributed by atoms with Crippen molar-refractivity contribution in [3.05, 3.63) is 46.7 Å². The first kappa shape index (κ1) is 12.8. The molecule has 0 saturated heterocycles. The number of halogens is 1. The summed E-state index contributed by atoms with van der Waals surface area (Å²) >= 11 is 3.30. The lowest BCUT2D eigenvalue weighted by Gasteiger charge is -2.09. The number of para-hydroxylation sites is 1. The number of nitrogen functional groups attached to an aromatic ring is 1. The van der Waals surface area contributed by atoms with Crippen LogP contribution >= 0.6 is 15.9 Å². The van der Waals surface area contributed by atoms with E-state index in [9.17, 15) is 0 Å². The lowest BCUT2D eigenvalue weighted by atomic mass is 10.2. The lowest BCUT2D eigenvalue weighted by molar-refractivity contribution is 1.15. The van der Waals surface area contributed by atoms with E-state index in [-0.39, 0.29) is 0 Å². The predicted molar refractivity (Wildman–Crippen MR) is 83.9 cm³/mol. The van der Waals surface area contributed by atoms with Crippen molar-refractivity contribution in [3.63, 3.8) is 0 Å². The van der Waals surface area contributed by atoms with E-state index >= 15 is 0 Å². The highest BCUT2D eigenvalue weighted by Gasteiger charge is 2.06. The summed E-state index contributed by atoms with van der Waals surface area (Å²) in [6, 6.07) is 11.6. The molecule has 0 spiro atoms. The van der Waals surface area contributed by atoms with E-state index in [2.05, 4.69) is 36.2 Å². The maximum absolute atomic E-state index is 5.71. The van der Waals surface area contributed by atoms with Crippen molar-refractivity contribution in [2.45, 2.75) is 6.92 Å². The van der Waals surface area contributed by atoms with Gasteiger partial charge in [0.2, 0.25) is 5.95 Å². The molecule has 6 heteroatoms. The second kappa shape index (κ2) is 5.05. The predicted octanol–water partition coefficient (Wildman–Crippen LogP) is 3.42. The molecule has 0 radical (unpaired) electrons. The number of aromatic nitrogens is 3. The molecule has 1 aromatic carbocycles. The van der Waals surface area contributed by atoms with Crippen LogP contribution in [0.15, 0.2) is 41.0 Å². The largest absolute Gasteiger partial charge is 0.383 e. The molecular weight excluding hydrogens is 318 g/mol. The van der Waals surface area contributed by atoms with Gasteiger partial charge in [-0.1, -0.05) is 18.2 Å². The van der Waals surface area contributed by atoms with Crippen LogP contribution in [-0.2, 0) is 0 Å². The van der Waals surface area contributed by atoms with Crippen LogP contribution in [0.3, 0.4) is 0 Å². The number of aryl methyl sites for hydroxylation is 1. The van der Waals surface area contributed by atoms with Crippen molar-refractivity contribution in [1.82, 2.24) is 15.0 Å². The summed E-state index contributed by atoms with van der Waals surface area (Å²) in [6.45, 7) is 1.96. The van der Waals surface area contributed by atoms with Crippen molar-refractivity contribution in [1.29, 1.82) is 0 Å². The van der Waals surface area contributed by atoms with Gasteiger partial charge >= 0.3 is 0 Å². The molecule has 20 heavy (non-hydrogen) atoms. The quantitative estimate of drug-likeness (QED) is 0.704. The van der Waals surface area contributed by atoms with Gasteiger partial charge in [-0.2, -0.15) is 4.98 Å². The van der Waals surface area contributed by atoms with Crippen molar-refractivity contribution < 1.29 is 0 Å². The monoisotopic (exact) mass is 329 g/mol. The highest BCUT2D eigenvalue weighted by molar-refractivity contribution is 9.10. The molecule has 5 nitrogen and oxygen atoms in total. The Morgan fingerprint density at radius 3 is 2.75 bits per heavy atom. The summed E-state index contributed by atoms with van der Waals surface area (Å²) in [5, 5.41) is 4.22. The fourth-order valence-corrected chi connectivity index (χ4v) is 2.36. The second-order valence-electron chi connectivity index (χ2n) is 4.39. The number of pyridine rings is 1. The highest BCUT2D eigenvalue weighted by atomic mass is 79.9. The average molecular weight is 330 g/mol. The number of hydrogen-bond acceptors (Lipinski definition) is 5. The molecule has 3 aromatic rings. The number of hydrogen-bond donors (Lipinski definition) is 2. The van der Waals surface area contributed by atoms with Crippen molar-refractivity contribution >= 4 is 44.3 Å². The van der Waals surface area contributed by atoms with E-state index in [1.54, 1.807) is 6.07 Å². The van der Waals surface area contributed by atoms with Crippen molar-refractivity contribution in [2.75, 3.05) is 11.1 Å². The molecule has 0 bridgehead atoms. The smallest absolute Gasteiger partial charge is 0.230 e. The highest BCUT2D eigenvalue weighted by Crippen LogP contribution is 2.24. The van der Waals surface area contributed by atoms with E-state index in [1.807, 2.05) is 37.3 Å². The molecule has 0 aliphatic rings. The van der Waals surface area contributed by atoms with Crippen LogP contribution < -0.4 is 11.1 Å². The molecule has 0 aliphatic heterocycles. The summed E-state index contributed by atoms with van der Waals surface area (Å²) in [4.78, 5) is 13.0. The van der Waals surface area contributed by atoms with Gasteiger partial charge in [0.05, 0.1) is 11.2 Å². The Bertz CT molecular complexity index is 767. The van der Waals surface area contributed by atoms with Crippen LogP contribution in [0, 0.1) is 6.92 Å². The van der Waals surface area contributed by atoms with Gasteiger partial charge < -0.3 is 11.1 Å². The zero-order chi connectivity index (χ0) is 14.1. The molecule has 3 N–H and O–H groups in total. The van der Waals surface area contributed by atoms with Crippen LogP contribution in [0.25, 0.3) is 10.9 Å². The summed E-state index contributed by atoms with van der Waals surface area (Å²) in [6.07, 6.45) is 0. The van der Waals surface area contributed by atoms with Crippen molar-refractivity contribution in [3.8, 4) is 0 Å². The molecule has 2 heterocycles. The van der Waals surface area contributed by atoms with Gasteiger partial charge in [-0.3, -0.25) is 4.98 Å². The first-order chi connectivity index (χ1) is 9.61. The number of anilines is 3. The Balaban J connectivity index is 2.08. The van der Waals surface area contributed by atoms with E-state index in [0.717, 1.165) is 22.3 Å². The van der Waals surface area contributed by atoms with Gasteiger partial charge in [0.1, 0.15) is 10.4 Å². The Labute approximate surface area is 124 Å². The lowest BCUT2D eigenvalue weighted by Crippen LogP contribution is -2.01. The summed E-state index contributed by atoms with van der Waals surface area (Å²) in [5.41, 5.74) is 8.41. The number of rotatable bonds is 2. The maximum atomic E-state index is 5.71. The van der Waals surface area contributed by atoms with Gasteiger partial charge in [-0.15, -0.1) is 0 Å². The molecule has 0 saturated carbocycles. The third kappa shape index (κ3) is 2.55. The molecule has 0 aliphatic carbocycles. The molecular formula is C14H12BrN5. The summed E-state index contributed by atoms with van der Waals surface area (Å²) < 4.78 is 0.636. The van der Waals surface area contributed by atoms with Crippen LogP contribution in [0.1, 0.15) is 5.69 Å². The Hall–Kier alpha value is -2.21. The van der Waals surface area contributed by atoms with Gasteiger partial charge in [-0.05, 0) is 35.0 Å². The number of nitrogens with one attached hydrogen (secondary N) is 1. The van der Waals surface area contributed by atoms with E-state index in [1.165, 1.54) is 0 Å². The zero-order valence-electron chi connectivity index (χ0n) is 10.8. The fraction of sp³-hybridized carbons (Fsp3) is 0.0714. The van der Waals surface area contributed by atoms with E-state index in [4.69, 9.17) is 5.73 Å². The van der Waals surface area contributed by atoms with E-state index < -0.39 is 0 Å². The minimum absolute atomic E-state index is 0.402. The maximum Gasteiger partial charge on any atom is 0.230 e. The topological polar surface area (TPSA) is 76.7 Å². The first-order valence-corrected chi connectivity index (χ1v) is 6.84. The second-order valence-corrected chi connectivity index (χ2v) is 5.21. The molecule has 0 atom stereocenters. The molecule has 0 amide bonds. The van der Waals surface area contributed by atoms with Crippen LogP contribution in [-0.4, -0.2) is 15.0 Å². The number of benzene rings is 1. The number of fused-ring (bicyclic) bond motifs is 1. The minimum atomic E-state index is 0.402. The Morgan fingerprint density at radius 1 is 1.10 bits per heavy atom. The Morgan fingerprint density at radius 2 is 1.95 bits per heavy atom. The van der Waals surface area contributed by atoms with Gasteiger partial charge in [0.15, 0.2) is 0 Å². The first-order valence-electron chi connectivity index (χ1n) is 6.05. The minimum Gasteiger partial charge on any atom is -0.383 e. The fourth-order valence-electron chi connectivity index (χ4n) is 1.96. The molecule has 0 fully saturated rings. The standard InChI is InChI=1S/C14H12BrN5/c1-8-5-6-9-3-2-4-10(13(9)17-8)18-14-19-11(15)7-12(16)20-14/h2-7H,1H3,(H3,16,18,19,20).